The number of hydrogen-bond acceptors (Lipinski definition) is 3. The second kappa shape index (κ2) is 5.92. The van der Waals surface area contributed by atoms with Crippen molar-refractivity contribution in [1.29, 1.82) is 0 Å². The SMILES string of the molecule is Cn1ncc2c1CCCC2NCCOCC(F)(F)F. The van der Waals surface area contributed by atoms with Crippen LogP contribution in [0, 0.1) is 0 Å². The molecule has 1 aromatic rings. The summed E-state index contributed by atoms with van der Waals surface area (Å²) in [4.78, 5) is 0. The van der Waals surface area contributed by atoms with Gasteiger partial charge in [0.2, 0.25) is 0 Å². The maximum atomic E-state index is 11.9. The number of aryl methyl sites for hydroxylation is 1. The molecule has 0 aromatic carbocycles. The van der Waals surface area contributed by atoms with Gasteiger partial charge in [0.25, 0.3) is 0 Å². The minimum absolute atomic E-state index is 0.0611. The lowest BCUT2D eigenvalue weighted by molar-refractivity contribution is -0.173. The number of ether oxygens (including phenoxy) is 1. The van der Waals surface area contributed by atoms with Crippen LogP contribution in [0.15, 0.2) is 6.20 Å². The number of aromatic nitrogens is 2. The van der Waals surface area contributed by atoms with Crippen molar-refractivity contribution in [3.8, 4) is 0 Å². The predicted octanol–water partition coefficient (Wildman–Crippen LogP) is 1.97. The first kappa shape index (κ1) is 14.3. The van der Waals surface area contributed by atoms with Gasteiger partial charge in [0.05, 0.1) is 12.8 Å². The molecular formula is C12H18F3N3O. The van der Waals surface area contributed by atoms with Crippen LogP contribution < -0.4 is 5.32 Å². The normalized spacial score (nSPS) is 19.5. The van der Waals surface area contributed by atoms with Crippen LogP contribution in [0.1, 0.15) is 30.1 Å². The van der Waals surface area contributed by atoms with Crippen LogP contribution >= 0.6 is 0 Å². The molecule has 1 atom stereocenters. The van der Waals surface area contributed by atoms with Crippen molar-refractivity contribution in [2.45, 2.75) is 31.5 Å². The maximum absolute atomic E-state index is 11.9. The molecule has 7 heteroatoms. The summed E-state index contributed by atoms with van der Waals surface area (Å²) in [7, 11) is 1.91. The molecule has 1 aliphatic rings. The first-order chi connectivity index (χ1) is 8.97. The molecular weight excluding hydrogens is 259 g/mol. The number of halogens is 3. The molecule has 2 rings (SSSR count). The van der Waals surface area contributed by atoms with Crippen molar-refractivity contribution in [3.05, 3.63) is 17.5 Å². The Hall–Kier alpha value is -1.08. The monoisotopic (exact) mass is 277 g/mol. The first-order valence-corrected chi connectivity index (χ1v) is 6.36. The van der Waals surface area contributed by atoms with Gasteiger partial charge in [-0.2, -0.15) is 18.3 Å². The molecule has 0 bridgehead atoms. The van der Waals surface area contributed by atoms with E-state index in [1.54, 1.807) is 0 Å². The van der Waals surface area contributed by atoms with Gasteiger partial charge in [0.1, 0.15) is 6.61 Å². The van der Waals surface area contributed by atoms with Gasteiger partial charge < -0.3 is 10.1 Å². The van der Waals surface area contributed by atoms with Crippen LogP contribution in [-0.4, -0.2) is 35.7 Å². The fourth-order valence-electron chi connectivity index (χ4n) is 2.41. The Balaban J connectivity index is 1.75. The van der Waals surface area contributed by atoms with Gasteiger partial charge in [-0.25, -0.2) is 0 Å². The van der Waals surface area contributed by atoms with Crippen molar-refractivity contribution in [2.24, 2.45) is 7.05 Å². The molecule has 4 nitrogen and oxygen atoms in total. The summed E-state index contributed by atoms with van der Waals surface area (Å²) in [5.74, 6) is 0. The Kier molecular flexibility index (Phi) is 4.46. The van der Waals surface area contributed by atoms with Crippen molar-refractivity contribution in [1.82, 2.24) is 15.1 Å². The first-order valence-electron chi connectivity index (χ1n) is 6.36. The van der Waals surface area contributed by atoms with E-state index in [0.29, 0.717) is 6.54 Å². The zero-order chi connectivity index (χ0) is 13.9. The van der Waals surface area contributed by atoms with E-state index in [1.807, 2.05) is 17.9 Å². The fraction of sp³-hybridized carbons (Fsp3) is 0.750. The highest BCUT2D eigenvalue weighted by Gasteiger charge is 2.27. The molecule has 0 fully saturated rings. The molecule has 1 aliphatic carbocycles. The smallest absolute Gasteiger partial charge is 0.371 e. The number of nitrogens with zero attached hydrogens (tertiary/aromatic N) is 2. The Morgan fingerprint density at radius 2 is 2.32 bits per heavy atom. The fourth-order valence-corrected chi connectivity index (χ4v) is 2.41. The molecule has 1 N–H and O–H groups in total. The molecule has 0 aliphatic heterocycles. The third-order valence-electron chi connectivity index (χ3n) is 3.28. The summed E-state index contributed by atoms with van der Waals surface area (Å²) >= 11 is 0. The minimum Gasteiger partial charge on any atom is -0.371 e. The topological polar surface area (TPSA) is 39.1 Å². The van der Waals surface area contributed by atoms with Gasteiger partial charge in [-0.1, -0.05) is 0 Å². The van der Waals surface area contributed by atoms with E-state index in [9.17, 15) is 13.2 Å². The molecule has 0 spiro atoms. The molecule has 19 heavy (non-hydrogen) atoms. The number of nitrogens with one attached hydrogen (secondary N) is 1. The quantitative estimate of drug-likeness (QED) is 0.836. The average Bonchev–Trinajstić information content (AvgIpc) is 2.70. The van der Waals surface area contributed by atoms with E-state index in [2.05, 4.69) is 15.2 Å². The maximum Gasteiger partial charge on any atom is 0.411 e. The molecule has 0 radical (unpaired) electrons. The molecule has 0 saturated heterocycles. The zero-order valence-electron chi connectivity index (χ0n) is 10.8. The lowest BCUT2D eigenvalue weighted by Crippen LogP contribution is -2.29. The standard InChI is InChI=1S/C12H18F3N3O/c1-18-11-4-2-3-10(9(11)7-17-18)16-5-6-19-8-12(13,14)15/h7,10,16H,2-6,8H2,1H3. The van der Waals surface area contributed by atoms with Gasteiger partial charge in [-0.3, -0.25) is 4.68 Å². The van der Waals surface area contributed by atoms with Crippen LogP contribution in [0.3, 0.4) is 0 Å². The van der Waals surface area contributed by atoms with Gasteiger partial charge in [0.15, 0.2) is 0 Å². The molecule has 1 unspecified atom stereocenters. The van der Waals surface area contributed by atoms with Crippen LogP contribution in [0.5, 0.6) is 0 Å². The number of rotatable bonds is 5. The van der Waals surface area contributed by atoms with Gasteiger partial charge >= 0.3 is 6.18 Å². The van der Waals surface area contributed by atoms with E-state index in [1.165, 1.54) is 5.69 Å². The summed E-state index contributed by atoms with van der Waals surface area (Å²) in [6.45, 7) is -0.710. The van der Waals surface area contributed by atoms with Gasteiger partial charge in [0, 0.05) is 30.9 Å². The molecule has 108 valence electrons. The lowest BCUT2D eigenvalue weighted by Gasteiger charge is -2.23. The minimum atomic E-state index is -4.25. The lowest BCUT2D eigenvalue weighted by atomic mass is 9.93. The second-order valence-electron chi connectivity index (χ2n) is 4.74. The third kappa shape index (κ3) is 3.94. The third-order valence-corrected chi connectivity index (χ3v) is 3.28. The van der Waals surface area contributed by atoms with Gasteiger partial charge in [-0.15, -0.1) is 0 Å². The Bertz CT molecular complexity index is 417. The predicted molar refractivity (Wildman–Crippen MR) is 63.8 cm³/mol. The summed E-state index contributed by atoms with van der Waals surface area (Å²) in [6, 6.07) is 0.173. The van der Waals surface area contributed by atoms with Crippen LogP contribution in [0.4, 0.5) is 13.2 Å². The summed E-state index contributed by atoms with van der Waals surface area (Å²) in [5, 5.41) is 7.45. The van der Waals surface area contributed by atoms with E-state index in [4.69, 9.17) is 0 Å². The van der Waals surface area contributed by atoms with E-state index >= 15 is 0 Å². The summed E-state index contributed by atoms with van der Waals surface area (Å²) in [5.41, 5.74) is 2.37. The largest absolute Gasteiger partial charge is 0.411 e. The molecule has 0 saturated carbocycles. The Morgan fingerprint density at radius 3 is 3.05 bits per heavy atom. The summed E-state index contributed by atoms with van der Waals surface area (Å²) < 4.78 is 42.1. The number of hydrogen-bond donors (Lipinski definition) is 1. The van der Waals surface area contributed by atoms with Crippen molar-refractivity contribution >= 4 is 0 Å². The molecule has 0 amide bonds. The van der Waals surface area contributed by atoms with Crippen LogP contribution in [0.2, 0.25) is 0 Å². The number of alkyl halides is 3. The summed E-state index contributed by atoms with van der Waals surface area (Å²) in [6.07, 6.45) is 0.643. The Labute approximate surface area is 109 Å². The highest BCUT2D eigenvalue weighted by atomic mass is 19.4. The molecule has 1 aromatic heterocycles. The zero-order valence-corrected chi connectivity index (χ0v) is 10.8. The number of fused-ring (bicyclic) bond motifs is 1. The molecule has 1 heterocycles. The van der Waals surface area contributed by atoms with E-state index in [-0.39, 0.29) is 12.6 Å². The van der Waals surface area contributed by atoms with E-state index < -0.39 is 12.8 Å². The second-order valence-corrected chi connectivity index (χ2v) is 4.74. The van der Waals surface area contributed by atoms with Crippen LogP contribution in [0.25, 0.3) is 0 Å². The van der Waals surface area contributed by atoms with E-state index in [0.717, 1.165) is 24.8 Å². The highest BCUT2D eigenvalue weighted by molar-refractivity contribution is 5.24. The van der Waals surface area contributed by atoms with Gasteiger partial charge in [-0.05, 0) is 19.3 Å². The van der Waals surface area contributed by atoms with Crippen LogP contribution in [-0.2, 0) is 18.2 Å². The Morgan fingerprint density at radius 1 is 1.53 bits per heavy atom. The highest BCUT2D eigenvalue weighted by Crippen LogP contribution is 2.28. The van der Waals surface area contributed by atoms with Crippen molar-refractivity contribution in [3.63, 3.8) is 0 Å². The van der Waals surface area contributed by atoms with Crippen molar-refractivity contribution < 1.29 is 17.9 Å². The average molecular weight is 277 g/mol. The van der Waals surface area contributed by atoms with Crippen molar-refractivity contribution in [2.75, 3.05) is 19.8 Å².